The molecule has 85 heavy (non-hydrogen) atoms. The SMILES string of the molecule is C=S(C)c1ccc(N(c2ccc(-c3c4ccccc4c(-c4cccc(-c5c6ccccc6c(-c6ccc(N(c7ccc(S(=C)C)cc7)c7ccc(S(C)(C)C)cc7)cc6)c6ccccc56)c4)c4ccccc34)cc2)c2ccc(S(=C)C)cc2)cc1. The largest absolute Gasteiger partial charge is 0.311 e. The molecule has 0 aliphatic carbocycles. The predicted octanol–water partition coefficient (Wildman–Crippen LogP) is 23.0. The van der Waals surface area contributed by atoms with E-state index in [0.717, 1.165) is 34.1 Å². The maximum atomic E-state index is 4.32. The van der Waals surface area contributed by atoms with Crippen molar-refractivity contribution in [2.24, 2.45) is 0 Å². The Bertz CT molecular complexity index is 4560. The summed E-state index contributed by atoms with van der Waals surface area (Å²) in [5, 5.41) is 9.79. The summed E-state index contributed by atoms with van der Waals surface area (Å²) in [5.74, 6) is 12.9. The molecule has 0 aromatic heterocycles. The molecule has 13 aromatic carbocycles. The lowest BCUT2D eigenvalue weighted by Gasteiger charge is -2.29. The molecule has 0 saturated heterocycles. The molecular formula is C79H68N2S4. The lowest BCUT2D eigenvalue weighted by atomic mass is 9.83. The van der Waals surface area contributed by atoms with E-state index in [0.29, 0.717) is 0 Å². The molecule has 418 valence electrons. The quantitative estimate of drug-likeness (QED) is 0.0791. The number of nitrogens with zero attached hydrogens (tertiary/aromatic N) is 2. The van der Waals surface area contributed by atoms with Gasteiger partial charge in [-0.05, 0) is 257 Å². The fourth-order valence-electron chi connectivity index (χ4n) is 12.3. The van der Waals surface area contributed by atoms with Gasteiger partial charge in [-0.2, -0.15) is 31.5 Å². The van der Waals surface area contributed by atoms with Crippen LogP contribution in [0.3, 0.4) is 0 Å². The lowest BCUT2D eigenvalue weighted by molar-refractivity contribution is 1.26. The second kappa shape index (κ2) is 23.2. The van der Waals surface area contributed by atoms with Crippen LogP contribution in [0.2, 0.25) is 0 Å². The van der Waals surface area contributed by atoms with Crippen LogP contribution in [0.1, 0.15) is 0 Å². The third-order valence-electron chi connectivity index (χ3n) is 16.4. The maximum Gasteiger partial charge on any atom is 0.0462 e. The monoisotopic (exact) mass is 1170 g/mol. The van der Waals surface area contributed by atoms with Crippen LogP contribution >= 0.6 is 41.5 Å². The van der Waals surface area contributed by atoms with Crippen molar-refractivity contribution in [2.45, 2.75) is 19.6 Å². The molecule has 3 unspecified atom stereocenters. The Balaban J connectivity index is 0.904. The third kappa shape index (κ3) is 10.7. The summed E-state index contributed by atoms with van der Waals surface area (Å²) in [6.07, 6.45) is 13.6. The Morgan fingerprint density at radius 2 is 0.482 bits per heavy atom. The van der Waals surface area contributed by atoms with Gasteiger partial charge in [-0.3, -0.25) is 0 Å². The van der Waals surface area contributed by atoms with Crippen molar-refractivity contribution in [3.63, 3.8) is 0 Å². The highest BCUT2D eigenvalue weighted by atomic mass is 32.3. The zero-order valence-electron chi connectivity index (χ0n) is 49.1. The van der Waals surface area contributed by atoms with Gasteiger partial charge in [-0.15, -0.1) is 0 Å². The average Bonchev–Trinajstić information content (AvgIpc) is 1.62. The molecule has 13 aromatic rings. The van der Waals surface area contributed by atoms with Gasteiger partial charge in [0.2, 0.25) is 0 Å². The van der Waals surface area contributed by atoms with E-state index < -0.39 is 10.0 Å². The molecule has 0 radical (unpaired) electrons. The van der Waals surface area contributed by atoms with E-state index in [2.05, 4.69) is 332 Å². The summed E-state index contributed by atoms with van der Waals surface area (Å²) < 4.78 is 0. The maximum absolute atomic E-state index is 4.32. The van der Waals surface area contributed by atoms with Gasteiger partial charge < -0.3 is 9.80 Å². The highest BCUT2D eigenvalue weighted by molar-refractivity contribution is 8.32. The first-order valence-electron chi connectivity index (χ1n) is 28.5. The minimum absolute atomic E-state index is 0.0735. The summed E-state index contributed by atoms with van der Waals surface area (Å²) >= 11 is 0. The molecule has 0 aliphatic heterocycles. The van der Waals surface area contributed by atoms with Gasteiger partial charge in [0, 0.05) is 48.8 Å². The zero-order valence-corrected chi connectivity index (χ0v) is 52.3. The highest BCUT2D eigenvalue weighted by Gasteiger charge is 2.22. The fraction of sp³-hybridized carbons (Fsp3) is 0.0759. The number of hydrogen-bond acceptors (Lipinski definition) is 2. The van der Waals surface area contributed by atoms with Crippen LogP contribution in [0.15, 0.2) is 287 Å². The summed E-state index contributed by atoms with van der Waals surface area (Å²) in [4.78, 5) is 9.87. The highest BCUT2D eigenvalue weighted by Crippen LogP contribution is 2.50. The van der Waals surface area contributed by atoms with E-state index in [1.165, 1.54) is 107 Å². The van der Waals surface area contributed by atoms with Crippen molar-refractivity contribution in [3.8, 4) is 44.5 Å². The van der Waals surface area contributed by atoms with Gasteiger partial charge in [-0.25, -0.2) is 10.0 Å². The fourth-order valence-corrected chi connectivity index (χ4v) is 15.0. The van der Waals surface area contributed by atoms with E-state index >= 15 is 0 Å². The van der Waals surface area contributed by atoms with Crippen molar-refractivity contribution in [1.82, 2.24) is 0 Å². The molecule has 0 spiro atoms. The molecule has 13 rings (SSSR count). The number of hydrogen-bond donors (Lipinski definition) is 0. The van der Waals surface area contributed by atoms with E-state index in [9.17, 15) is 0 Å². The number of benzene rings is 13. The van der Waals surface area contributed by atoms with Gasteiger partial charge in [0.1, 0.15) is 0 Å². The minimum atomic E-state index is -0.871. The van der Waals surface area contributed by atoms with E-state index in [4.69, 9.17) is 0 Å². The minimum Gasteiger partial charge on any atom is -0.311 e. The molecule has 0 saturated carbocycles. The average molecular weight is 1170 g/mol. The molecule has 0 amide bonds. The molecular weight excluding hydrogens is 1110 g/mol. The standard InChI is InChI=1S/C79H68N2S4/c1-82(2)64-45-37-60(38-46-64)80(61-39-47-65(48-40-61)83(3)4)58-33-29-54(30-34-58)76-68-21-10-14-25-72(68)78(73-26-15-11-22-69(73)76)56-19-18-20-57(53-56)79-74-27-16-12-23-70(74)77(71-24-13-17-28-75(71)79)55-31-35-59(36-32-55)81(62-41-49-66(50-42-62)84(5)6)63-43-51-67(52-44-63)85(7,8)9/h10-53H,1,3,5H2,2,4,6-9H3. The topological polar surface area (TPSA) is 6.48 Å². The first-order chi connectivity index (χ1) is 41.3. The van der Waals surface area contributed by atoms with Crippen molar-refractivity contribution in [1.29, 1.82) is 0 Å². The number of anilines is 6. The molecule has 0 fully saturated rings. The number of fused-ring (bicyclic) bond motifs is 4. The molecule has 3 atom stereocenters. The molecule has 6 heteroatoms. The van der Waals surface area contributed by atoms with Gasteiger partial charge in [0.25, 0.3) is 0 Å². The smallest absolute Gasteiger partial charge is 0.0462 e. The molecule has 2 nitrogen and oxygen atoms in total. The predicted molar refractivity (Wildman–Crippen MR) is 388 cm³/mol. The number of rotatable bonds is 14. The summed E-state index contributed by atoms with van der Waals surface area (Å²) in [6.45, 7) is 0. The van der Waals surface area contributed by atoms with Crippen molar-refractivity contribution in [2.75, 3.05) is 47.3 Å². The Morgan fingerprint density at radius 3 is 0.718 bits per heavy atom. The summed E-state index contributed by atoms with van der Waals surface area (Å²) in [6, 6.07) is 99.5. The van der Waals surface area contributed by atoms with Gasteiger partial charge in [0.05, 0.1) is 0 Å². The Hall–Kier alpha value is -8.49. The zero-order chi connectivity index (χ0) is 58.5. The molecule has 0 bridgehead atoms. The second-order valence-corrected chi connectivity index (χ2v) is 32.1. The molecule has 0 heterocycles. The third-order valence-corrected chi connectivity index (χ3v) is 21.3. The van der Waals surface area contributed by atoms with Crippen LogP contribution in [-0.4, -0.2) is 55.1 Å². The van der Waals surface area contributed by atoms with E-state index in [-0.39, 0.29) is 31.5 Å². The van der Waals surface area contributed by atoms with Crippen molar-refractivity contribution < 1.29 is 0 Å². The summed E-state index contributed by atoms with van der Waals surface area (Å²) in [5.41, 5.74) is 16.3. The Morgan fingerprint density at radius 1 is 0.259 bits per heavy atom. The van der Waals surface area contributed by atoms with E-state index in [1.54, 1.807) is 0 Å². The van der Waals surface area contributed by atoms with Gasteiger partial charge in [-0.1, -0.05) is 157 Å². The van der Waals surface area contributed by atoms with Crippen LogP contribution < -0.4 is 9.80 Å². The lowest BCUT2D eigenvalue weighted by Crippen LogP contribution is -2.10. The second-order valence-electron chi connectivity index (χ2n) is 22.8. The summed E-state index contributed by atoms with van der Waals surface area (Å²) in [7, 11) is -1.10. The van der Waals surface area contributed by atoms with Crippen molar-refractivity contribution in [3.05, 3.63) is 267 Å². The van der Waals surface area contributed by atoms with Crippen molar-refractivity contribution >= 4 is 136 Å². The Labute approximate surface area is 510 Å². The van der Waals surface area contributed by atoms with Gasteiger partial charge >= 0.3 is 0 Å². The van der Waals surface area contributed by atoms with E-state index in [1.807, 2.05) is 0 Å². The first-order valence-corrected chi connectivity index (χ1v) is 36.8. The van der Waals surface area contributed by atoms with Crippen LogP contribution in [-0.2, 0) is 0 Å². The normalized spacial score (nSPS) is 13.0. The van der Waals surface area contributed by atoms with Crippen LogP contribution in [0.25, 0.3) is 87.6 Å². The van der Waals surface area contributed by atoms with Crippen LogP contribution in [0, 0.1) is 0 Å². The molecule has 0 aliphatic rings. The molecule has 0 N–H and O–H groups in total. The first kappa shape index (κ1) is 55.7. The Kier molecular flexibility index (Phi) is 15.2. The van der Waals surface area contributed by atoms with Gasteiger partial charge in [0.15, 0.2) is 0 Å². The van der Waals surface area contributed by atoms with Crippen LogP contribution in [0.4, 0.5) is 34.1 Å². The van der Waals surface area contributed by atoms with Crippen LogP contribution in [0.5, 0.6) is 0 Å².